The second-order valence-electron chi connectivity index (χ2n) is 7.44. The van der Waals surface area contributed by atoms with E-state index in [1.165, 1.54) is 33.4 Å². The van der Waals surface area contributed by atoms with Crippen LogP contribution in [0.2, 0.25) is 0 Å². The lowest BCUT2D eigenvalue weighted by molar-refractivity contribution is 0.675. The molecule has 0 saturated carbocycles. The zero-order valence-electron chi connectivity index (χ0n) is 16.0. The molecule has 2 atom stereocenters. The average Bonchev–Trinajstić information content (AvgIpc) is 2.80. The number of hydrogen-bond acceptors (Lipinski definition) is 0. The van der Waals surface area contributed by atoms with E-state index in [-0.39, 0.29) is 10.2 Å². The van der Waals surface area contributed by atoms with Gasteiger partial charge in [-0.2, -0.15) is 0 Å². The van der Waals surface area contributed by atoms with E-state index in [0.717, 1.165) is 0 Å². The summed E-state index contributed by atoms with van der Waals surface area (Å²) in [5, 5.41) is 0. The zero-order valence-corrected chi connectivity index (χ0v) is 17.6. The SMILES string of the molecule is BrC1(c2ccccc2)C(c2ccccc2)=C(c2ccccc2)C1c1ccccc1. The van der Waals surface area contributed by atoms with Crippen molar-refractivity contribution in [1.29, 1.82) is 0 Å². The second-order valence-corrected chi connectivity index (χ2v) is 8.69. The van der Waals surface area contributed by atoms with Gasteiger partial charge in [-0.15, -0.1) is 0 Å². The summed E-state index contributed by atoms with van der Waals surface area (Å²) in [7, 11) is 0. The fraction of sp³-hybridized carbons (Fsp3) is 0.0714. The Morgan fingerprint density at radius 2 is 0.966 bits per heavy atom. The van der Waals surface area contributed by atoms with Gasteiger partial charge < -0.3 is 0 Å². The topological polar surface area (TPSA) is 0 Å². The highest BCUT2D eigenvalue weighted by Crippen LogP contribution is 2.68. The van der Waals surface area contributed by atoms with Crippen LogP contribution in [0.5, 0.6) is 0 Å². The molecule has 5 rings (SSSR count). The summed E-state index contributed by atoms with van der Waals surface area (Å²) in [6.07, 6.45) is 0. The minimum absolute atomic E-state index is 0.226. The van der Waals surface area contributed by atoms with Gasteiger partial charge >= 0.3 is 0 Å². The summed E-state index contributed by atoms with van der Waals surface area (Å²) < 4.78 is -0.276. The van der Waals surface area contributed by atoms with Gasteiger partial charge in [-0.25, -0.2) is 0 Å². The van der Waals surface area contributed by atoms with Crippen molar-refractivity contribution in [1.82, 2.24) is 0 Å². The second kappa shape index (κ2) is 7.50. The smallest absolute Gasteiger partial charge is 0.0738 e. The minimum Gasteiger partial charge on any atom is -0.0738 e. The monoisotopic (exact) mass is 436 g/mol. The predicted octanol–water partition coefficient (Wildman–Crippen LogP) is 7.69. The third-order valence-corrected chi connectivity index (χ3v) is 7.11. The van der Waals surface area contributed by atoms with Gasteiger partial charge in [-0.1, -0.05) is 137 Å². The maximum absolute atomic E-state index is 4.26. The van der Waals surface area contributed by atoms with Gasteiger partial charge in [-0.05, 0) is 33.4 Å². The summed E-state index contributed by atoms with van der Waals surface area (Å²) in [5.41, 5.74) is 7.90. The van der Waals surface area contributed by atoms with E-state index in [2.05, 4.69) is 137 Å². The molecule has 2 unspecified atom stereocenters. The van der Waals surface area contributed by atoms with Crippen LogP contribution in [0.25, 0.3) is 11.1 Å². The van der Waals surface area contributed by atoms with Gasteiger partial charge in [0.25, 0.3) is 0 Å². The first-order valence-corrected chi connectivity index (χ1v) is 10.7. The Morgan fingerprint density at radius 3 is 1.52 bits per heavy atom. The van der Waals surface area contributed by atoms with Crippen LogP contribution in [0.4, 0.5) is 0 Å². The number of halogens is 1. The largest absolute Gasteiger partial charge is 0.0872 e. The van der Waals surface area contributed by atoms with Crippen molar-refractivity contribution in [3.8, 4) is 0 Å². The van der Waals surface area contributed by atoms with Crippen molar-refractivity contribution in [2.75, 3.05) is 0 Å². The van der Waals surface area contributed by atoms with Crippen molar-refractivity contribution in [3.05, 3.63) is 144 Å². The van der Waals surface area contributed by atoms with Gasteiger partial charge in [-0.3, -0.25) is 0 Å². The highest BCUT2D eigenvalue weighted by atomic mass is 79.9. The molecular formula is C28H21Br. The van der Waals surface area contributed by atoms with Crippen molar-refractivity contribution >= 4 is 27.1 Å². The number of allylic oxidation sites excluding steroid dienone is 2. The Morgan fingerprint density at radius 1 is 0.517 bits per heavy atom. The molecule has 4 aromatic carbocycles. The number of rotatable bonds is 4. The van der Waals surface area contributed by atoms with Gasteiger partial charge in [0, 0.05) is 5.92 Å². The average molecular weight is 437 g/mol. The Bertz CT molecular complexity index is 1130. The van der Waals surface area contributed by atoms with Crippen LogP contribution in [0.3, 0.4) is 0 Å². The van der Waals surface area contributed by atoms with Crippen LogP contribution in [0.15, 0.2) is 121 Å². The van der Waals surface area contributed by atoms with Gasteiger partial charge in [0.05, 0.1) is 4.32 Å². The van der Waals surface area contributed by atoms with E-state index >= 15 is 0 Å². The fourth-order valence-corrected chi connectivity index (χ4v) is 5.74. The lowest BCUT2D eigenvalue weighted by atomic mass is 9.58. The number of alkyl halides is 1. The molecule has 0 N–H and O–H groups in total. The molecule has 0 aromatic heterocycles. The molecule has 1 aliphatic carbocycles. The predicted molar refractivity (Wildman–Crippen MR) is 126 cm³/mol. The third kappa shape index (κ3) is 2.97. The molecule has 0 amide bonds. The molecule has 0 saturated heterocycles. The quantitative estimate of drug-likeness (QED) is 0.287. The van der Waals surface area contributed by atoms with Crippen LogP contribution in [-0.2, 0) is 4.32 Å². The highest BCUT2D eigenvalue weighted by Gasteiger charge is 2.54. The van der Waals surface area contributed by atoms with E-state index in [1.807, 2.05) is 0 Å². The highest BCUT2D eigenvalue weighted by molar-refractivity contribution is 9.10. The van der Waals surface area contributed by atoms with Gasteiger partial charge in [0.1, 0.15) is 0 Å². The number of benzene rings is 4. The van der Waals surface area contributed by atoms with E-state index in [0.29, 0.717) is 0 Å². The van der Waals surface area contributed by atoms with Crippen molar-refractivity contribution in [2.45, 2.75) is 10.2 Å². The van der Waals surface area contributed by atoms with Crippen LogP contribution in [0, 0.1) is 0 Å². The lowest BCUT2D eigenvalue weighted by Gasteiger charge is -2.51. The molecule has 4 aromatic rings. The normalized spacial score (nSPS) is 20.9. The first-order valence-electron chi connectivity index (χ1n) is 9.95. The van der Waals surface area contributed by atoms with E-state index in [1.54, 1.807) is 0 Å². The van der Waals surface area contributed by atoms with Crippen LogP contribution < -0.4 is 0 Å². The van der Waals surface area contributed by atoms with Crippen LogP contribution in [0.1, 0.15) is 28.2 Å². The molecule has 0 fully saturated rings. The van der Waals surface area contributed by atoms with Crippen molar-refractivity contribution in [3.63, 3.8) is 0 Å². The third-order valence-electron chi connectivity index (χ3n) is 5.79. The lowest BCUT2D eigenvalue weighted by Crippen LogP contribution is -2.39. The molecule has 1 aliphatic rings. The molecule has 140 valence electrons. The zero-order chi connectivity index (χ0) is 19.7. The van der Waals surface area contributed by atoms with Crippen LogP contribution >= 0.6 is 15.9 Å². The number of hydrogen-bond donors (Lipinski definition) is 0. The Labute approximate surface area is 180 Å². The molecule has 0 aliphatic heterocycles. The first kappa shape index (κ1) is 18.1. The standard InChI is InChI=1S/C28H21Br/c29-28(24-19-11-4-12-20-24)26(22-15-7-2-8-16-22)25(21-13-5-1-6-14-21)27(28)23-17-9-3-10-18-23/h1-20,26H. The Hall–Kier alpha value is -2.90. The Kier molecular flexibility index (Phi) is 4.69. The summed E-state index contributed by atoms with van der Waals surface area (Å²) in [6, 6.07) is 43.2. The Balaban J connectivity index is 1.83. The molecule has 0 spiro atoms. The molecule has 0 heterocycles. The molecule has 1 heteroatoms. The molecule has 0 bridgehead atoms. The van der Waals surface area contributed by atoms with Crippen molar-refractivity contribution in [2.24, 2.45) is 0 Å². The van der Waals surface area contributed by atoms with Crippen LogP contribution in [-0.4, -0.2) is 0 Å². The maximum Gasteiger partial charge on any atom is 0.0872 e. The molecule has 29 heavy (non-hydrogen) atoms. The summed E-state index contributed by atoms with van der Waals surface area (Å²) >= 11 is 4.26. The summed E-state index contributed by atoms with van der Waals surface area (Å²) in [4.78, 5) is 0. The van der Waals surface area contributed by atoms with E-state index in [9.17, 15) is 0 Å². The van der Waals surface area contributed by atoms with E-state index in [4.69, 9.17) is 0 Å². The first-order chi connectivity index (χ1) is 14.3. The summed E-state index contributed by atoms with van der Waals surface area (Å²) in [5.74, 6) is 0.226. The van der Waals surface area contributed by atoms with Gasteiger partial charge in [0.2, 0.25) is 0 Å². The minimum atomic E-state index is -0.276. The molecular weight excluding hydrogens is 416 g/mol. The molecule has 0 nitrogen and oxygen atoms in total. The molecule has 0 radical (unpaired) electrons. The summed E-state index contributed by atoms with van der Waals surface area (Å²) in [6.45, 7) is 0. The van der Waals surface area contributed by atoms with E-state index < -0.39 is 0 Å². The maximum atomic E-state index is 4.26. The van der Waals surface area contributed by atoms with Gasteiger partial charge in [0.15, 0.2) is 0 Å². The fourth-order valence-electron chi connectivity index (χ4n) is 4.54. The van der Waals surface area contributed by atoms with Crippen molar-refractivity contribution < 1.29 is 0 Å².